The molecule has 0 saturated heterocycles. The molecule has 0 atom stereocenters. The van der Waals surface area contributed by atoms with Gasteiger partial charge in [0.2, 0.25) is 0 Å². The summed E-state index contributed by atoms with van der Waals surface area (Å²) in [6.45, 7) is 0. The van der Waals surface area contributed by atoms with Crippen LogP contribution in [0.5, 0.6) is 0 Å². The molecule has 0 fully saturated rings. The van der Waals surface area contributed by atoms with Crippen molar-refractivity contribution in [3.05, 3.63) is 72.6 Å². The Labute approximate surface area is 136 Å². The minimum Gasteiger partial charge on any atom is -0.341 e. The Morgan fingerprint density at radius 3 is 2.91 bits per heavy atom. The van der Waals surface area contributed by atoms with Crippen molar-refractivity contribution < 1.29 is 4.39 Å². The molecule has 0 spiro atoms. The molecule has 0 unspecified atom stereocenters. The Kier molecular flexibility index (Phi) is 3.59. The number of nitrogens with one attached hydrogen (secondary N) is 1. The minimum atomic E-state index is -0.260. The third-order valence-electron chi connectivity index (χ3n) is 3.47. The number of hydrogen-bond donors (Lipinski definition) is 1. The van der Waals surface area contributed by atoms with Gasteiger partial charge in [-0.05, 0) is 30.3 Å². The van der Waals surface area contributed by atoms with Crippen LogP contribution in [0.15, 0.2) is 66.1 Å². The molecule has 4 nitrogen and oxygen atoms in total. The molecule has 6 heteroatoms. The summed E-state index contributed by atoms with van der Waals surface area (Å²) in [5.41, 5.74) is 2.74. The van der Waals surface area contributed by atoms with Gasteiger partial charge in [0.1, 0.15) is 11.6 Å². The van der Waals surface area contributed by atoms with E-state index in [0.29, 0.717) is 5.75 Å². The highest BCUT2D eigenvalue weighted by atomic mass is 32.2. The number of thioether (sulfide) groups is 1. The average Bonchev–Trinajstić information content (AvgIpc) is 3.19. The van der Waals surface area contributed by atoms with Gasteiger partial charge in [-0.1, -0.05) is 30.0 Å². The number of benzene rings is 2. The van der Waals surface area contributed by atoms with Gasteiger partial charge in [-0.15, -0.1) is 0 Å². The van der Waals surface area contributed by atoms with E-state index in [0.717, 1.165) is 27.7 Å². The normalized spacial score (nSPS) is 11.2. The third-order valence-corrected chi connectivity index (χ3v) is 4.45. The molecular formula is C17H13FN4S. The fraction of sp³-hybridized carbons (Fsp3) is 0.0588. The molecule has 0 aliphatic rings. The zero-order valence-electron chi connectivity index (χ0n) is 12.1. The van der Waals surface area contributed by atoms with Crippen molar-refractivity contribution in [2.45, 2.75) is 10.9 Å². The molecule has 0 aliphatic heterocycles. The van der Waals surface area contributed by atoms with E-state index in [2.05, 4.69) is 15.0 Å². The molecule has 4 rings (SSSR count). The molecule has 1 N–H and O–H groups in total. The molecule has 2 aromatic heterocycles. The zero-order chi connectivity index (χ0) is 15.6. The van der Waals surface area contributed by atoms with Gasteiger partial charge in [0.15, 0.2) is 5.16 Å². The van der Waals surface area contributed by atoms with Gasteiger partial charge < -0.3 is 4.98 Å². The van der Waals surface area contributed by atoms with E-state index in [1.807, 2.05) is 41.1 Å². The smallest absolute Gasteiger partial charge is 0.173 e. The van der Waals surface area contributed by atoms with Crippen molar-refractivity contribution in [2.24, 2.45) is 0 Å². The number of H-pyrrole nitrogens is 1. The van der Waals surface area contributed by atoms with Crippen LogP contribution in [0.25, 0.3) is 16.7 Å². The predicted octanol–water partition coefficient (Wildman–Crippen LogP) is 4.18. The Hall–Kier alpha value is -2.60. The maximum Gasteiger partial charge on any atom is 0.173 e. The summed E-state index contributed by atoms with van der Waals surface area (Å²) >= 11 is 1.56. The molecule has 0 aliphatic carbocycles. The summed E-state index contributed by atoms with van der Waals surface area (Å²) in [6, 6.07) is 14.4. The van der Waals surface area contributed by atoms with Crippen molar-refractivity contribution in [1.29, 1.82) is 0 Å². The fourth-order valence-electron chi connectivity index (χ4n) is 2.43. The first-order valence-corrected chi connectivity index (χ1v) is 8.14. The van der Waals surface area contributed by atoms with E-state index in [-0.39, 0.29) is 5.82 Å². The van der Waals surface area contributed by atoms with Crippen molar-refractivity contribution >= 4 is 22.8 Å². The van der Waals surface area contributed by atoms with Crippen LogP contribution in [-0.4, -0.2) is 19.5 Å². The van der Waals surface area contributed by atoms with E-state index >= 15 is 0 Å². The Morgan fingerprint density at radius 1 is 1.13 bits per heavy atom. The van der Waals surface area contributed by atoms with Gasteiger partial charge >= 0.3 is 0 Å². The number of fused-ring (bicyclic) bond motifs is 1. The van der Waals surface area contributed by atoms with Gasteiger partial charge in [0.25, 0.3) is 0 Å². The lowest BCUT2D eigenvalue weighted by atomic mass is 10.3. The fourth-order valence-corrected chi connectivity index (χ4v) is 3.27. The summed E-state index contributed by atoms with van der Waals surface area (Å²) in [5.74, 6) is 1.30. The number of aromatic amines is 1. The third kappa shape index (κ3) is 2.85. The Morgan fingerprint density at radius 2 is 2.04 bits per heavy atom. The first-order chi connectivity index (χ1) is 11.3. The number of aromatic nitrogens is 4. The van der Waals surface area contributed by atoms with Crippen LogP contribution in [0.2, 0.25) is 0 Å². The van der Waals surface area contributed by atoms with Crippen molar-refractivity contribution in [1.82, 2.24) is 19.5 Å². The summed E-state index contributed by atoms with van der Waals surface area (Å²) in [5, 5.41) is 0.802. The number of para-hydroxylation sites is 2. The summed E-state index contributed by atoms with van der Waals surface area (Å²) in [4.78, 5) is 12.2. The Bertz CT molecular complexity index is 927. The van der Waals surface area contributed by atoms with Crippen LogP contribution in [0.1, 0.15) is 5.82 Å². The summed E-state index contributed by atoms with van der Waals surface area (Å²) in [7, 11) is 0. The van der Waals surface area contributed by atoms with Crippen LogP contribution in [0.3, 0.4) is 0 Å². The minimum absolute atomic E-state index is 0.260. The second-order valence-electron chi connectivity index (χ2n) is 5.05. The van der Waals surface area contributed by atoms with E-state index in [4.69, 9.17) is 0 Å². The lowest BCUT2D eigenvalue weighted by molar-refractivity contribution is 0.626. The van der Waals surface area contributed by atoms with Gasteiger partial charge in [0.05, 0.1) is 22.5 Å². The van der Waals surface area contributed by atoms with E-state index in [1.54, 1.807) is 24.0 Å². The predicted molar refractivity (Wildman–Crippen MR) is 89.2 cm³/mol. The van der Waals surface area contributed by atoms with E-state index in [1.165, 1.54) is 12.1 Å². The maximum absolute atomic E-state index is 13.4. The van der Waals surface area contributed by atoms with Gasteiger partial charge in [-0.25, -0.2) is 14.4 Å². The van der Waals surface area contributed by atoms with Crippen molar-refractivity contribution in [3.63, 3.8) is 0 Å². The van der Waals surface area contributed by atoms with Crippen molar-refractivity contribution in [2.75, 3.05) is 0 Å². The monoisotopic (exact) mass is 324 g/mol. The van der Waals surface area contributed by atoms with Gasteiger partial charge in [-0.3, -0.25) is 4.57 Å². The SMILES string of the molecule is Fc1cccc(-n2ccnc2SCc2nc3ccccc3[nH]2)c1. The molecule has 0 saturated carbocycles. The largest absolute Gasteiger partial charge is 0.341 e. The molecule has 0 bridgehead atoms. The second-order valence-corrected chi connectivity index (χ2v) is 5.99. The highest BCUT2D eigenvalue weighted by molar-refractivity contribution is 7.98. The number of nitrogens with zero attached hydrogens (tertiary/aromatic N) is 3. The first kappa shape index (κ1) is 14.0. The summed E-state index contributed by atoms with van der Waals surface area (Å²) in [6.07, 6.45) is 3.54. The van der Waals surface area contributed by atoms with Crippen molar-refractivity contribution in [3.8, 4) is 5.69 Å². The molecule has 0 radical (unpaired) electrons. The van der Waals surface area contributed by atoms with Gasteiger partial charge in [-0.2, -0.15) is 0 Å². The first-order valence-electron chi connectivity index (χ1n) is 7.15. The Balaban J connectivity index is 1.57. The quantitative estimate of drug-likeness (QED) is 0.573. The van der Waals surface area contributed by atoms with Crippen LogP contribution in [-0.2, 0) is 5.75 Å². The highest BCUT2D eigenvalue weighted by Gasteiger charge is 2.09. The molecule has 4 aromatic rings. The zero-order valence-corrected chi connectivity index (χ0v) is 12.9. The molecular weight excluding hydrogens is 311 g/mol. The average molecular weight is 324 g/mol. The lowest BCUT2D eigenvalue weighted by Gasteiger charge is -2.06. The molecule has 0 amide bonds. The van der Waals surface area contributed by atoms with E-state index < -0.39 is 0 Å². The number of imidazole rings is 2. The topological polar surface area (TPSA) is 46.5 Å². The molecule has 2 aromatic carbocycles. The number of hydrogen-bond acceptors (Lipinski definition) is 3. The lowest BCUT2D eigenvalue weighted by Crippen LogP contribution is -1.96. The van der Waals surface area contributed by atoms with Crippen LogP contribution < -0.4 is 0 Å². The van der Waals surface area contributed by atoms with Crippen LogP contribution in [0.4, 0.5) is 4.39 Å². The van der Waals surface area contributed by atoms with E-state index in [9.17, 15) is 4.39 Å². The molecule has 2 heterocycles. The maximum atomic E-state index is 13.4. The van der Waals surface area contributed by atoms with Gasteiger partial charge in [0, 0.05) is 12.4 Å². The second kappa shape index (κ2) is 5.89. The molecule has 114 valence electrons. The highest BCUT2D eigenvalue weighted by Crippen LogP contribution is 2.24. The number of rotatable bonds is 4. The number of halogens is 1. The van der Waals surface area contributed by atoms with Crippen LogP contribution >= 0.6 is 11.8 Å². The summed E-state index contributed by atoms with van der Waals surface area (Å²) < 4.78 is 15.3. The van der Waals surface area contributed by atoms with Crippen LogP contribution in [0, 0.1) is 5.82 Å². The standard InChI is InChI=1S/C17H13FN4S/c18-12-4-3-5-13(10-12)22-9-8-19-17(22)23-11-16-20-14-6-1-2-7-15(14)21-16/h1-10H,11H2,(H,20,21). The molecule has 23 heavy (non-hydrogen) atoms.